The number of benzene rings is 4. The number of hydrogen-bond donors (Lipinski definition) is 2. The van der Waals surface area contributed by atoms with E-state index in [0.717, 1.165) is 12.1 Å². The standard InChI is InChI=1S/C27H20F6N2/c28-26(29,30)25(27(31,32)33,23-7-3-1-5-21(23)17-9-13-19(34)14-10-17)24-8-4-2-6-22(24)18-11-15-20(35)16-12-18/h1-16H,34-35H2. The van der Waals surface area contributed by atoms with Gasteiger partial charge < -0.3 is 11.5 Å². The Bertz CT molecular complexity index is 1220. The van der Waals surface area contributed by atoms with Crippen LogP contribution in [0.3, 0.4) is 0 Å². The van der Waals surface area contributed by atoms with Gasteiger partial charge in [0.1, 0.15) is 0 Å². The summed E-state index contributed by atoms with van der Waals surface area (Å²) in [5.41, 5.74) is 5.82. The molecule has 0 radical (unpaired) electrons. The van der Waals surface area contributed by atoms with Crippen LogP contribution in [0.2, 0.25) is 0 Å². The molecule has 4 N–H and O–H groups in total. The minimum Gasteiger partial charge on any atom is -0.399 e. The highest BCUT2D eigenvalue weighted by Crippen LogP contribution is 2.59. The Kier molecular flexibility index (Phi) is 6.00. The number of alkyl halides is 6. The molecule has 0 saturated heterocycles. The van der Waals surface area contributed by atoms with Crippen LogP contribution in [0.1, 0.15) is 11.1 Å². The average molecular weight is 486 g/mol. The Morgan fingerprint density at radius 2 is 0.743 bits per heavy atom. The van der Waals surface area contributed by atoms with E-state index in [2.05, 4.69) is 0 Å². The van der Waals surface area contributed by atoms with Crippen molar-refractivity contribution in [1.82, 2.24) is 0 Å². The quantitative estimate of drug-likeness (QED) is 0.231. The average Bonchev–Trinajstić information content (AvgIpc) is 2.80. The summed E-state index contributed by atoms with van der Waals surface area (Å²) in [6.45, 7) is 0. The van der Waals surface area contributed by atoms with Gasteiger partial charge in [0, 0.05) is 11.4 Å². The SMILES string of the molecule is Nc1ccc(-c2ccccc2C(c2ccccc2-c2ccc(N)cc2)(C(F)(F)F)C(F)(F)F)cc1. The van der Waals surface area contributed by atoms with E-state index in [1.165, 1.54) is 84.9 Å². The lowest BCUT2D eigenvalue weighted by molar-refractivity contribution is -0.288. The Hall–Kier alpha value is -3.94. The summed E-state index contributed by atoms with van der Waals surface area (Å²) in [6, 6.07) is 20.7. The van der Waals surface area contributed by atoms with Crippen LogP contribution in [-0.4, -0.2) is 12.4 Å². The van der Waals surface area contributed by atoms with Crippen LogP contribution in [0.25, 0.3) is 22.3 Å². The molecule has 0 aromatic heterocycles. The maximum Gasteiger partial charge on any atom is 0.411 e. The normalized spacial score (nSPS) is 12.5. The van der Waals surface area contributed by atoms with Crippen LogP contribution in [0.15, 0.2) is 97.1 Å². The molecule has 35 heavy (non-hydrogen) atoms. The summed E-state index contributed by atoms with van der Waals surface area (Å²) >= 11 is 0. The summed E-state index contributed by atoms with van der Waals surface area (Å²) in [7, 11) is 0. The van der Waals surface area contributed by atoms with E-state index < -0.39 is 28.9 Å². The second-order valence-electron chi connectivity index (χ2n) is 8.08. The molecule has 4 aromatic rings. The van der Waals surface area contributed by atoms with Crippen molar-refractivity contribution >= 4 is 11.4 Å². The topological polar surface area (TPSA) is 52.0 Å². The fourth-order valence-electron chi connectivity index (χ4n) is 4.37. The van der Waals surface area contributed by atoms with Crippen molar-refractivity contribution in [3.63, 3.8) is 0 Å². The highest BCUT2D eigenvalue weighted by atomic mass is 19.4. The van der Waals surface area contributed by atoms with Crippen LogP contribution in [0, 0.1) is 0 Å². The summed E-state index contributed by atoms with van der Waals surface area (Å²) < 4.78 is 90.0. The number of anilines is 2. The first kappa shape index (κ1) is 24.2. The highest BCUT2D eigenvalue weighted by Gasteiger charge is 2.73. The first-order chi connectivity index (χ1) is 16.5. The highest BCUT2D eigenvalue weighted by molar-refractivity contribution is 5.77. The first-order valence-electron chi connectivity index (χ1n) is 10.5. The summed E-state index contributed by atoms with van der Waals surface area (Å²) in [4.78, 5) is 0. The largest absolute Gasteiger partial charge is 0.411 e. The monoisotopic (exact) mass is 486 g/mol. The number of nitrogen functional groups attached to an aromatic ring is 2. The van der Waals surface area contributed by atoms with Crippen molar-refractivity contribution in [1.29, 1.82) is 0 Å². The molecule has 0 aliphatic rings. The molecule has 4 aromatic carbocycles. The Labute approximate surface area is 197 Å². The number of nitrogens with two attached hydrogens (primary N) is 2. The minimum atomic E-state index is -5.74. The number of hydrogen-bond acceptors (Lipinski definition) is 2. The van der Waals surface area contributed by atoms with Gasteiger partial charge in [-0.2, -0.15) is 26.3 Å². The van der Waals surface area contributed by atoms with Crippen LogP contribution in [0.5, 0.6) is 0 Å². The van der Waals surface area contributed by atoms with E-state index in [4.69, 9.17) is 11.5 Å². The predicted octanol–water partition coefficient (Wildman–Crippen LogP) is 7.60. The summed E-state index contributed by atoms with van der Waals surface area (Å²) in [5.74, 6) is 0. The smallest absolute Gasteiger partial charge is 0.399 e. The zero-order valence-corrected chi connectivity index (χ0v) is 18.2. The zero-order valence-electron chi connectivity index (χ0n) is 18.2. The third kappa shape index (κ3) is 4.09. The van der Waals surface area contributed by atoms with Gasteiger partial charge in [-0.3, -0.25) is 0 Å². The van der Waals surface area contributed by atoms with Gasteiger partial charge in [-0.1, -0.05) is 72.8 Å². The van der Waals surface area contributed by atoms with Gasteiger partial charge in [-0.25, -0.2) is 0 Å². The van der Waals surface area contributed by atoms with Crippen molar-refractivity contribution in [3.05, 3.63) is 108 Å². The molecule has 0 fully saturated rings. The molecule has 0 aliphatic heterocycles. The maximum atomic E-state index is 15.0. The van der Waals surface area contributed by atoms with Crippen molar-refractivity contribution in [2.45, 2.75) is 17.8 Å². The molecule has 0 bridgehead atoms. The number of rotatable bonds is 4. The molecule has 180 valence electrons. The van der Waals surface area contributed by atoms with Crippen LogP contribution in [-0.2, 0) is 5.41 Å². The molecular weight excluding hydrogens is 466 g/mol. The molecule has 4 rings (SSSR count). The lowest BCUT2D eigenvalue weighted by Crippen LogP contribution is -2.55. The second-order valence-corrected chi connectivity index (χ2v) is 8.08. The molecule has 8 heteroatoms. The third-order valence-corrected chi connectivity index (χ3v) is 5.96. The van der Waals surface area contributed by atoms with Crippen molar-refractivity contribution in [2.24, 2.45) is 0 Å². The van der Waals surface area contributed by atoms with E-state index in [9.17, 15) is 0 Å². The lowest BCUT2D eigenvalue weighted by atomic mass is 9.68. The maximum absolute atomic E-state index is 15.0. The third-order valence-electron chi connectivity index (χ3n) is 5.96. The van der Waals surface area contributed by atoms with E-state index in [-0.39, 0.29) is 22.3 Å². The Morgan fingerprint density at radius 1 is 0.429 bits per heavy atom. The molecule has 0 aliphatic carbocycles. The summed E-state index contributed by atoms with van der Waals surface area (Å²) in [5, 5.41) is 0. The Balaban J connectivity index is 2.14. The van der Waals surface area contributed by atoms with Crippen LogP contribution in [0.4, 0.5) is 37.7 Å². The molecule has 0 spiro atoms. The molecule has 0 unspecified atom stereocenters. The molecular formula is C27H20F6N2. The number of halogens is 6. The van der Waals surface area contributed by atoms with Gasteiger partial charge in [0.25, 0.3) is 0 Å². The molecule has 0 atom stereocenters. The van der Waals surface area contributed by atoms with Crippen LogP contribution >= 0.6 is 0 Å². The first-order valence-corrected chi connectivity index (χ1v) is 10.5. The van der Waals surface area contributed by atoms with Crippen molar-refractivity contribution in [2.75, 3.05) is 11.5 Å². The second kappa shape index (κ2) is 8.69. The van der Waals surface area contributed by atoms with Gasteiger partial charge in [0.15, 0.2) is 0 Å². The summed E-state index contributed by atoms with van der Waals surface area (Å²) in [6.07, 6.45) is -11.5. The molecule has 0 saturated carbocycles. The van der Waals surface area contributed by atoms with E-state index >= 15 is 26.3 Å². The zero-order chi connectivity index (χ0) is 25.4. The van der Waals surface area contributed by atoms with Gasteiger partial charge in [-0.15, -0.1) is 0 Å². The Morgan fingerprint density at radius 3 is 1.06 bits per heavy atom. The molecule has 0 amide bonds. The predicted molar refractivity (Wildman–Crippen MR) is 125 cm³/mol. The van der Waals surface area contributed by atoms with Gasteiger partial charge in [0.05, 0.1) is 0 Å². The fraction of sp³-hybridized carbons (Fsp3) is 0.111. The van der Waals surface area contributed by atoms with E-state index in [1.807, 2.05) is 0 Å². The molecule has 0 heterocycles. The fourth-order valence-corrected chi connectivity index (χ4v) is 4.37. The van der Waals surface area contributed by atoms with Gasteiger partial charge in [0.2, 0.25) is 5.41 Å². The van der Waals surface area contributed by atoms with Gasteiger partial charge >= 0.3 is 12.4 Å². The molecule has 2 nitrogen and oxygen atoms in total. The van der Waals surface area contributed by atoms with Crippen molar-refractivity contribution in [3.8, 4) is 22.3 Å². The van der Waals surface area contributed by atoms with Crippen LogP contribution < -0.4 is 11.5 Å². The van der Waals surface area contributed by atoms with E-state index in [0.29, 0.717) is 11.4 Å². The van der Waals surface area contributed by atoms with E-state index in [1.54, 1.807) is 0 Å². The van der Waals surface area contributed by atoms with Crippen molar-refractivity contribution < 1.29 is 26.3 Å². The lowest BCUT2D eigenvalue weighted by Gasteiger charge is -2.40. The minimum absolute atomic E-state index is 0.178. The van der Waals surface area contributed by atoms with Gasteiger partial charge in [-0.05, 0) is 57.6 Å².